The van der Waals surface area contributed by atoms with Crippen LogP contribution < -0.4 is 10.2 Å². The van der Waals surface area contributed by atoms with Crippen LogP contribution in [0, 0.1) is 5.82 Å². The Balaban J connectivity index is 2.09. The molecule has 0 saturated carbocycles. The van der Waals surface area contributed by atoms with Crippen LogP contribution in [0.25, 0.3) is 0 Å². The second-order valence-corrected chi connectivity index (χ2v) is 4.69. The third-order valence-corrected chi connectivity index (χ3v) is 3.11. The van der Waals surface area contributed by atoms with Gasteiger partial charge in [0.2, 0.25) is 0 Å². The molecule has 0 aliphatic heterocycles. The molecular formula is C15H12ClFN2O2. The fourth-order valence-corrected chi connectivity index (χ4v) is 1.86. The van der Waals surface area contributed by atoms with Crippen molar-refractivity contribution in [2.45, 2.75) is 0 Å². The number of hydrogen-bond acceptors (Lipinski definition) is 2. The normalized spacial score (nSPS) is 10.0. The van der Waals surface area contributed by atoms with Gasteiger partial charge in [0.05, 0.1) is 5.02 Å². The lowest BCUT2D eigenvalue weighted by atomic mass is 10.3. The molecule has 0 atom stereocenters. The summed E-state index contributed by atoms with van der Waals surface area (Å²) in [6, 6.07) is 12.4. The van der Waals surface area contributed by atoms with Crippen LogP contribution in [0.15, 0.2) is 48.5 Å². The molecule has 0 fully saturated rings. The molecule has 4 nitrogen and oxygen atoms in total. The van der Waals surface area contributed by atoms with Crippen molar-refractivity contribution in [1.82, 2.24) is 0 Å². The lowest BCUT2D eigenvalue weighted by Gasteiger charge is -2.16. The molecule has 0 spiro atoms. The number of nitrogens with zero attached hydrogens (tertiary/aromatic N) is 1. The third kappa shape index (κ3) is 3.58. The largest absolute Gasteiger partial charge is 0.318 e. The van der Waals surface area contributed by atoms with Gasteiger partial charge in [0.1, 0.15) is 5.82 Å². The molecule has 0 aromatic heterocycles. The van der Waals surface area contributed by atoms with Gasteiger partial charge in [-0.1, -0.05) is 29.8 Å². The van der Waals surface area contributed by atoms with Crippen LogP contribution in [-0.2, 0) is 9.59 Å². The number of anilines is 2. The van der Waals surface area contributed by atoms with Gasteiger partial charge in [-0.25, -0.2) is 4.39 Å². The zero-order valence-electron chi connectivity index (χ0n) is 11.1. The van der Waals surface area contributed by atoms with Crippen LogP contribution in [0.1, 0.15) is 0 Å². The second-order valence-electron chi connectivity index (χ2n) is 4.28. The Hall–Kier alpha value is -2.40. The van der Waals surface area contributed by atoms with E-state index in [1.807, 2.05) is 6.07 Å². The highest BCUT2D eigenvalue weighted by Crippen LogP contribution is 2.19. The van der Waals surface area contributed by atoms with E-state index in [0.29, 0.717) is 5.69 Å². The number of nitrogens with one attached hydrogen (secondary N) is 1. The Morgan fingerprint density at radius 3 is 2.43 bits per heavy atom. The van der Waals surface area contributed by atoms with Crippen LogP contribution in [0.2, 0.25) is 5.02 Å². The van der Waals surface area contributed by atoms with Crippen LogP contribution in [0.4, 0.5) is 15.8 Å². The average Bonchev–Trinajstić information content (AvgIpc) is 2.50. The van der Waals surface area contributed by atoms with E-state index < -0.39 is 17.6 Å². The van der Waals surface area contributed by atoms with Crippen LogP contribution >= 0.6 is 11.6 Å². The molecule has 6 heteroatoms. The van der Waals surface area contributed by atoms with Gasteiger partial charge in [0.25, 0.3) is 0 Å². The van der Waals surface area contributed by atoms with E-state index in [4.69, 9.17) is 11.6 Å². The summed E-state index contributed by atoms with van der Waals surface area (Å²) in [5.41, 5.74) is 0.844. The molecule has 0 heterocycles. The molecule has 21 heavy (non-hydrogen) atoms. The Labute approximate surface area is 126 Å². The van der Waals surface area contributed by atoms with E-state index in [1.165, 1.54) is 24.1 Å². The summed E-state index contributed by atoms with van der Waals surface area (Å²) in [4.78, 5) is 25.1. The molecule has 0 bridgehead atoms. The van der Waals surface area contributed by atoms with Gasteiger partial charge >= 0.3 is 11.8 Å². The number of benzene rings is 2. The molecule has 2 rings (SSSR count). The van der Waals surface area contributed by atoms with Gasteiger partial charge in [-0.15, -0.1) is 0 Å². The molecule has 0 aliphatic carbocycles. The van der Waals surface area contributed by atoms with Crippen molar-refractivity contribution < 1.29 is 14.0 Å². The van der Waals surface area contributed by atoms with E-state index in [2.05, 4.69) is 5.32 Å². The topological polar surface area (TPSA) is 49.4 Å². The summed E-state index contributed by atoms with van der Waals surface area (Å²) in [5, 5.41) is 2.25. The van der Waals surface area contributed by atoms with E-state index in [0.717, 1.165) is 6.07 Å². The molecule has 0 aliphatic rings. The maximum Gasteiger partial charge on any atom is 0.316 e. The summed E-state index contributed by atoms with van der Waals surface area (Å²) >= 11 is 5.61. The van der Waals surface area contributed by atoms with Crippen molar-refractivity contribution in [2.75, 3.05) is 17.3 Å². The van der Waals surface area contributed by atoms with Gasteiger partial charge in [-0.3, -0.25) is 9.59 Å². The first-order valence-corrected chi connectivity index (χ1v) is 6.46. The van der Waals surface area contributed by atoms with Crippen molar-refractivity contribution in [1.29, 1.82) is 0 Å². The van der Waals surface area contributed by atoms with Crippen molar-refractivity contribution >= 4 is 34.8 Å². The van der Waals surface area contributed by atoms with E-state index in [-0.39, 0.29) is 10.7 Å². The Kier molecular flexibility index (Phi) is 4.55. The zero-order valence-corrected chi connectivity index (χ0v) is 11.9. The molecule has 0 radical (unpaired) electrons. The molecule has 0 saturated heterocycles. The SMILES string of the molecule is CN(C(=O)C(=O)Nc1ccc(F)c(Cl)c1)c1ccccc1. The fraction of sp³-hybridized carbons (Fsp3) is 0.0667. The molecule has 1 N–H and O–H groups in total. The fourth-order valence-electron chi connectivity index (χ4n) is 1.68. The summed E-state index contributed by atoms with van der Waals surface area (Å²) in [6.45, 7) is 0. The monoisotopic (exact) mass is 306 g/mol. The number of halogens is 2. The van der Waals surface area contributed by atoms with E-state index in [1.54, 1.807) is 24.3 Å². The predicted octanol–water partition coefficient (Wildman–Crippen LogP) is 3.08. The van der Waals surface area contributed by atoms with Gasteiger partial charge < -0.3 is 10.2 Å². The predicted molar refractivity (Wildman–Crippen MR) is 79.9 cm³/mol. The third-order valence-electron chi connectivity index (χ3n) is 2.82. The highest BCUT2D eigenvalue weighted by atomic mass is 35.5. The van der Waals surface area contributed by atoms with Crippen LogP contribution in [-0.4, -0.2) is 18.9 Å². The molecule has 2 aromatic rings. The minimum atomic E-state index is -0.830. The number of hydrogen-bond donors (Lipinski definition) is 1. The molecular weight excluding hydrogens is 295 g/mol. The van der Waals surface area contributed by atoms with Crippen molar-refractivity contribution in [2.24, 2.45) is 0 Å². The number of carbonyl (C=O) groups is 2. The number of rotatable bonds is 2. The van der Waals surface area contributed by atoms with E-state index in [9.17, 15) is 14.0 Å². The molecule has 0 unspecified atom stereocenters. The maximum absolute atomic E-state index is 13.0. The van der Waals surface area contributed by atoms with Crippen LogP contribution in [0.3, 0.4) is 0 Å². The lowest BCUT2D eigenvalue weighted by Crippen LogP contribution is -2.37. The van der Waals surface area contributed by atoms with Crippen molar-refractivity contribution in [3.05, 3.63) is 59.4 Å². The highest BCUT2D eigenvalue weighted by Gasteiger charge is 2.20. The van der Waals surface area contributed by atoms with Crippen molar-refractivity contribution in [3.8, 4) is 0 Å². The van der Waals surface area contributed by atoms with Crippen molar-refractivity contribution in [3.63, 3.8) is 0 Å². The lowest BCUT2D eigenvalue weighted by molar-refractivity contribution is -0.134. The Morgan fingerprint density at radius 1 is 1.14 bits per heavy atom. The average molecular weight is 307 g/mol. The first-order valence-electron chi connectivity index (χ1n) is 6.08. The first kappa shape index (κ1) is 15.0. The Bertz CT molecular complexity index is 677. The van der Waals surface area contributed by atoms with Crippen LogP contribution in [0.5, 0.6) is 0 Å². The highest BCUT2D eigenvalue weighted by molar-refractivity contribution is 6.44. The number of carbonyl (C=O) groups excluding carboxylic acids is 2. The Morgan fingerprint density at radius 2 is 1.81 bits per heavy atom. The summed E-state index contributed by atoms with van der Waals surface area (Å²) in [5.74, 6) is -2.16. The van der Waals surface area contributed by atoms with Gasteiger partial charge in [-0.05, 0) is 30.3 Å². The standard InChI is InChI=1S/C15H12ClFN2O2/c1-19(11-5-3-2-4-6-11)15(21)14(20)18-10-7-8-13(17)12(16)9-10/h2-9H,1H3,(H,18,20). The molecule has 108 valence electrons. The smallest absolute Gasteiger partial charge is 0.316 e. The maximum atomic E-state index is 13.0. The number of para-hydroxylation sites is 1. The van der Waals surface area contributed by atoms with Gasteiger partial charge in [0, 0.05) is 18.4 Å². The second kappa shape index (κ2) is 6.37. The number of likely N-dealkylation sites (N-methyl/N-ethyl adjacent to an activating group) is 1. The molecule has 2 amide bonds. The summed E-state index contributed by atoms with van der Waals surface area (Å²) in [7, 11) is 1.49. The summed E-state index contributed by atoms with van der Waals surface area (Å²) in [6.07, 6.45) is 0. The molecule has 2 aromatic carbocycles. The quantitative estimate of drug-likeness (QED) is 0.867. The van der Waals surface area contributed by atoms with Gasteiger partial charge in [-0.2, -0.15) is 0 Å². The van der Waals surface area contributed by atoms with E-state index >= 15 is 0 Å². The summed E-state index contributed by atoms with van der Waals surface area (Å²) < 4.78 is 13.0. The minimum absolute atomic E-state index is 0.128. The minimum Gasteiger partial charge on any atom is -0.318 e. The first-order chi connectivity index (χ1) is 9.99. The number of amides is 2. The van der Waals surface area contributed by atoms with Gasteiger partial charge in [0.15, 0.2) is 0 Å². The zero-order chi connectivity index (χ0) is 15.4.